The van der Waals surface area contributed by atoms with Crippen LogP contribution < -0.4 is 0 Å². The lowest BCUT2D eigenvalue weighted by Gasteiger charge is -1.98. The number of halogens is 1. The molecule has 1 heterocycles. The molecule has 1 aromatic heterocycles. The van der Waals surface area contributed by atoms with Crippen molar-refractivity contribution < 1.29 is 0 Å². The molecule has 70 valence electrons. The lowest BCUT2D eigenvalue weighted by Crippen LogP contribution is -1.86. The second-order valence-electron chi connectivity index (χ2n) is 2.93. The van der Waals surface area contributed by atoms with E-state index in [-0.39, 0.29) is 0 Å². The van der Waals surface area contributed by atoms with Crippen LogP contribution in [-0.4, -0.2) is 9.97 Å². The van der Waals surface area contributed by atoms with Crippen LogP contribution in [0.4, 0.5) is 0 Å². The number of benzene rings is 1. The summed E-state index contributed by atoms with van der Waals surface area (Å²) in [5.41, 5.74) is 2.72. The van der Waals surface area contributed by atoms with Gasteiger partial charge >= 0.3 is 0 Å². The summed E-state index contributed by atoms with van der Waals surface area (Å²) in [6.07, 6.45) is 5.66. The maximum absolute atomic E-state index is 4.45. The van der Waals surface area contributed by atoms with E-state index in [1.165, 1.54) is 0 Å². The Morgan fingerprint density at radius 1 is 1.29 bits per heavy atom. The first-order chi connectivity index (χ1) is 6.79. The van der Waals surface area contributed by atoms with Crippen LogP contribution in [0.15, 0.2) is 34.9 Å². The summed E-state index contributed by atoms with van der Waals surface area (Å²) in [6, 6.07) is 5.88. The molecule has 2 aromatic rings. The zero-order chi connectivity index (χ0) is 9.97. The molecular formula is C11H9BrN2. The summed E-state index contributed by atoms with van der Waals surface area (Å²) in [5.74, 6) is 0. The maximum atomic E-state index is 4.45. The molecule has 0 aliphatic carbocycles. The van der Waals surface area contributed by atoms with Gasteiger partial charge in [-0.3, -0.25) is 4.98 Å². The van der Waals surface area contributed by atoms with Gasteiger partial charge in [0.25, 0.3) is 0 Å². The Kier molecular flexibility index (Phi) is 2.59. The summed E-state index contributed by atoms with van der Waals surface area (Å²) in [7, 11) is 0. The van der Waals surface area contributed by atoms with Crippen LogP contribution in [0.2, 0.25) is 0 Å². The predicted octanol–water partition coefficient (Wildman–Crippen LogP) is 3.43. The summed E-state index contributed by atoms with van der Waals surface area (Å²) in [5, 5.41) is 0. The number of nitrogens with zero attached hydrogens (tertiary/aromatic N) is 2. The van der Waals surface area contributed by atoms with Crippen LogP contribution in [0.1, 0.15) is 12.6 Å². The molecule has 0 amide bonds. The quantitative estimate of drug-likeness (QED) is 0.773. The molecule has 3 heteroatoms. The van der Waals surface area contributed by atoms with Crippen LogP contribution in [0, 0.1) is 0 Å². The smallest absolute Gasteiger partial charge is 0.0905 e. The number of allylic oxidation sites excluding steroid dienone is 1. The molecule has 0 bridgehead atoms. The molecule has 1 aromatic carbocycles. The maximum Gasteiger partial charge on any atom is 0.0905 e. The van der Waals surface area contributed by atoms with Gasteiger partial charge in [0.05, 0.1) is 22.9 Å². The predicted molar refractivity (Wildman–Crippen MR) is 61.9 cm³/mol. The van der Waals surface area contributed by atoms with Crippen LogP contribution in [0.5, 0.6) is 0 Å². The van der Waals surface area contributed by atoms with Gasteiger partial charge in [-0.15, -0.1) is 0 Å². The largest absolute Gasteiger partial charge is 0.252 e. The Hall–Kier alpha value is -1.22. The van der Waals surface area contributed by atoms with Gasteiger partial charge in [-0.05, 0) is 31.2 Å². The zero-order valence-corrected chi connectivity index (χ0v) is 9.32. The van der Waals surface area contributed by atoms with Gasteiger partial charge < -0.3 is 0 Å². The highest BCUT2D eigenvalue weighted by atomic mass is 79.9. The minimum Gasteiger partial charge on any atom is -0.252 e. The number of fused-ring (bicyclic) bond motifs is 1. The van der Waals surface area contributed by atoms with Crippen LogP contribution in [-0.2, 0) is 0 Å². The lowest BCUT2D eigenvalue weighted by atomic mass is 10.3. The first-order valence-corrected chi connectivity index (χ1v) is 5.14. The zero-order valence-electron chi connectivity index (χ0n) is 7.74. The molecule has 0 saturated carbocycles. The fourth-order valence-corrected chi connectivity index (χ4v) is 1.60. The average Bonchev–Trinajstić information content (AvgIpc) is 2.17. The van der Waals surface area contributed by atoms with E-state index in [0.29, 0.717) is 0 Å². The third-order valence-electron chi connectivity index (χ3n) is 1.86. The van der Waals surface area contributed by atoms with Crippen molar-refractivity contribution in [3.8, 4) is 0 Å². The topological polar surface area (TPSA) is 25.8 Å². The Morgan fingerprint density at radius 2 is 2.14 bits per heavy atom. The second-order valence-corrected chi connectivity index (χ2v) is 3.84. The molecule has 0 atom stereocenters. The van der Waals surface area contributed by atoms with E-state index in [1.807, 2.05) is 37.3 Å². The molecule has 0 unspecified atom stereocenters. The Labute approximate surface area is 90.8 Å². The molecular weight excluding hydrogens is 240 g/mol. The fourth-order valence-electron chi connectivity index (χ4n) is 1.25. The van der Waals surface area contributed by atoms with Crippen molar-refractivity contribution in [3.05, 3.63) is 40.6 Å². The minimum absolute atomic E-state index is 0.887. The van der Waals surface area contributed by atoms with E-state index in [2.05, 4.69) is 25.9 Å². The average molecular weight is 249 g/mol. The van der Waals surface area contributed by atoms with Crippen molar-refractivity contribution in [3.63, 3.8) is 0 Å². The van der Waals surface area contributed by atoms with Crippen molar-refractivity contribution in [1.29, 1.82) is 0 Å². The molecule has 0 aliphatic heterocycles. The van der Waals surface area contributed by atoms with Crippen molar-refractivity contribution >= 4 is 33.0 Å². The van der Waals surface area contributed by atoms with Gasteiger partial charge in [-0.2, -0.15) is 0 Å². The third kappa shape index (κ3) is 1.82. The Bertz CT molecular complexity index is 492. The highest BCUT2D eigenvalue weighted by molar-refractivity contribution is 9.10. The highest BCUT2D eigenvalue weighted by Gasteiger charge is 1.97. The van der Waals surface area contributed by atoms with Crippen LogP contribution >= 0.6 is 15.9 Å². The molecule has 0 aliphatic rings. The standard InChI is InChI=1S/C11H9BrN2/c1-2-3-9-7-13-10-5-4-8(12)6-11(10)14-9/h2-7H,1H3/b3-2+. The molecule has 0 radical (unpaired) electrons. The third-order valence-corrected chi connectivity index (χ3v) is 2.35. The number of aromatic nitrogens is 2. The van der Waals surface area contributed by atoms with Crippen molar-refractivity contribution in [2.75, 3.05) is 0 Å². The number of rotatable bonds is 1. The van der Waals surface area contributed by atoms with Crippen LogP contribution in [0.25, 0.3) is 17.1 Å². The SMILES string of the molecule is C/C=C/c1cnc2ccc(Br)cc2n1. The highest BCUT2D eigenvalue weighted by Crippen LogP contribution is 2.16. The van der Waals surface area contributed by atoms with Gasteiger partial charge in [-0.25, -0.2) is 4.98 Å². The Balaban J connectivity index is 2.63. The van der Waals surface area contributed by atoms with Gasteiger partial charge in [0.1, 0.15) is 0 Å². The Morgan fingerprint density at radius 3 is 2.93 bits per heavy atom. The van der Waals surface area contributed by atoms with Gasteiger partial charge in [-0.1, -0.05) is 22.0 Å². The lowest BCUT2D eigenvalue weighted by molar-refractivity contribution is 1.26. The molecule has 0 spiro atoms. The molecule has 0 saturated heterocycles. The monoisotopic (exact) mass is 248 g/mol. The minimum atomic E-state index is 0.887. The normalized spacial score (nSPS) is 11.3. The van der Waals surface area contributed by atoms with E-state index in [4.69, 9.17) is 0 Å². The second kappa shape index (κ2) is 3.88. The van der Waals surface area contributed by atoms with E-state index in [0.717, 1.165) is 21.2 Å². The van der Waals surface area contributed by atoms with Crippen molar-refractivity contribution in [2.45, 2.75) is 6.92 Å². The first-order valence-electron chi connectivity index (χ1n) is 4.34. The fraction of sp³-hybridized carbons (Fsp3) is 0.0909. The van der Waals surface area contributed by atoms with Crippen LogP contribution in [0.3, 0.4) is 0 Å². The summed E-state index contributed by atoms with van der Waals surface area (Å²) in [4.78, 5) is 8.75. The summed E-state index contributed by atoms with van der Waals surface area (Å²) >= 11 is 3.41. The molecule has 2 nitrogen and oxygen atoms in total. The first kappa shape index (κ1) is 9.34. The number of hydrogen-bond acceptors (Lipinski definition) is 2. The van der Waals surface area contributed by atoms with E-state index < -0.39 is 0 Å². The molecule has 0 N–H and O–H groups in total. The van der Waals surface area contributed by atoms with Gasteiger partial charge in [0.2, 0.25) is 0 Å². The molecule has 2 rings (SSSR count). The van der Waals surface area contributed by atoms with E-state index in [9.17, 15) is 0 Å². The summed E-state index contributed by atoms with van der Waals surface area (Å²) in [6.45, 7) is 1.97. The molecule has 14 heavy (non-hydrogen) atoms. The van der Waals surface area contributed by atoms with Gasteiger partial charge in [0.15, 0.2) is 0 Å². The van der Waals surface area contributed by atoms with E-state index in [1.54, 1.807) is 6.20 Å². The van der Waals surface area contributed by atoms with Crippen molar-refractivity contribution in [1.82, 2.24) is 9.97 Å². The van der Waals surface area contributed by atoms with E-state index >= 15 is 0 Å². The summed E-state index contributed by atoms with van der Waals surface area (Å²) < 4.78 is 1.02. The van der Waals surface area contributed by atoms with Crippen molar-refractivity contribution in [2.24, 2.45) is 0 Å². The number of hydrogen-bond donors (Lipinski definition) is 0. The molecule has 0 fully saturated rings. The van der Waals surface area contributed by atoms with Gasteiger partial charge in [0, 0.05) is 4.47 Å².